The van der Waals surface area contributed by atoms with Gasteiger partial charge in [-0.3, -0.25) is 4.90 Å². The summed E-state index contributed by atoms with van der Waals surface area (Å²) in [7, 11) is 0. The third kappa shape index (κ3) is 2.42. The molecule has 2 aliphatic heterocycles. The highest BCUT2D eigenvalue weighted by molar-refractivity contribution is 4.76. The van der Waals surface area contributed by atoms with Gasteiger partial charge in [0.1, 0.15) is 0 Å². The molecule has 0 aliphatic carbocycles. The van der Waals surface area contributed by atoms with Crippen LogP contribution in [0.3, 0.4) is 0 Å². The Morgan fingerprint density at radius 3 is 3.00 bits per heavy atom. The summed E-state index contributed by atoms with van der Waals surface area (Å²) >= 11 is 0. The number of rotatable bonds is 2. The second-order valence-corrected chi connectivity index (χ2v) is 4.05. The molecule has 2 heterocycles. The molecule has 0 saturated carbocycles. The lowest BCUT2D eigenvalue weighted by atomic mass is 10.2. The molecule has 3 heteroatoms. The van der Waals surface area contributed by atoms with Crippen molar-refractivity contribution in [1.29, 1.82) is 0 Å². The first-order chi connectivity index (χ1) is 6.36. The van der Waals surface area contributed by atoms with Gasteiger partial charge < -0.3 is 9.47 Å². The average Bonchev–Trinajstić information content (AvgIpc) is 2.61. The zero-order chi connectivity index (χ0) is 9.10. The summed E-state index contributed by atoms with van der Waals surface area (Å²) in [4.78, 5) is 2.49. The van der Waals surface area contributed by atoms with Crippen molar-refractivity contribution in [3.05, 3.63) is 0 Å². The minimum Gasteiger partial charge on any atom is -0.379 e. The molecule has 2 rings (SSSR count). The van der Waals surface area contributed by atoms with Crippen LogP contribution in [-0.2, 0) is 9.47 Å². The van der Waals surface area contributed by atoms with E-state index in [1.165, 1.54) is 12.8 Å². The number of nitrogens with zero attached hydrogens (tertiary/aromatic N) is 1. The first-order valence-electron chi connectivity index (χ1n) is 5.29. The van der Waals surface area contributed by atoms with Gasteiger partial charge >= 0.3 is 0 Å². The van der Waals surface area contributed by atoms with Gasteiger partial charge in [0.25, 0.3) is 0 Å². The van der Waals surface area contributed by atoms with Gasteiger partial charge in [-0.2, -0.15) is 0 Å². The summed E-state index contributed by atoms with van der Waals surface area (Å²) in [6.07, 6.45) is 2.97. The van der Waals surface area contributed by atoms with Gasteiger partial charge in [-0.1, -0.05) is 0 Å². The fraction of sp³-hybridized carbons (Fsp3) is 1.00. The Bertz CT molecular complexity index is 157. The summed E-state index contributed by atoms with van der Waals surface area (Å²) < 4.78 is 11.0. The quantitative estimate of drug-likeness (QED) is 0.637. The minimum atomic E-state index is 0.487. The highest BCUT2D eigenvalue weighted by atomic mass is 16.5. The molecular formula is C10H19NO2. The zero-order valence-corrected chi connectivity index (χ0v) is 8.37. The monoisotopic (exact) mass is 185 g/mol. The maximum absolute atomic E-state index is 5.62. The van der Waals surface area contributed by atoms with E-state index in [2.05, 4.69) is 11.8 Å². The van der Waals surface area contributed by atoms with E-state index in [0.29, 0.717) is 12.1 Å². The van der Waals surface area contributed by atoms with Crippen LogP contribution in [0.4, 0.5) is 0 Å². The molecule has 0 N–H and O–H groups in total. The van der Waals surface area contributed by atoms with Crippen molar-refractivity contribution >= 4 is 0 Å². The Balaban J connectivity index is 1.78. The molecule has 0 aromatic heterocycles. The topological polar surface area (TPSA) is 21.7 Å². The third-order valence-corrected chi connectivity index (χ3v) is 2.97. The van der Waals surface area contributed by atoms with Gasteiger partial charge in [0, 0.05) is 25.7 Å². The van der Waals surface area contributed by atoms with Crippen LogP contribution in [0.1, 0.15) is 19.8 Å². The van der Waals surface area contributed by atoms with Gasteiger partial charge in [0.2, 0.25) is 0 Å². The predicted octanol–water partition coefficient (Wildman–Crippen LogP) is 0.886. The molecular weight excluding hydrogens is 166 g/mol. The Morgan fingerprint density at radius 1 is 1.38 bits per heavy atom. The van der Waals surface area contributed by atoms with Crippen LogP contribution in [0.15, 0.2) is 0 Å². The fourth-order valence-electron chi connectivity index (χ4n) is 2.08. The molecule has 2 fully saturated rings. The summed E-state index contributed by atoms with van der Waals surface area (Å²) in [6, 6.07) is 0.568. The molecule has 2 saturated heterocycles. The van der Waals surface area contributed by atoms with Crippen molar-refractivity contribution < 1.29 is 9.47 Å². The lowest BCUT2D eigenvalue weighted by Gasteiger charge is -2.34. The summed E-state index contributed by atoms with van der Waals surface area (Å²) in [5, 5.41) is 0. The lowest BCUT2D eigenvalue weighted by molar-refractivity contribution is -0.0244. The average molecular weight is 185 g/mol. The molecule has 0 bridgehead atoms. The lowest BCUT2D eigenvalue weighted by Crippen LogP contribution is -2.46. The SMILES string of the molecule is C[C@@H]1COCCN1C[C@H]1CCCO1. The second-order valence-electron chi connectivity index (χ2n) is 4.05. The van der Waals surface area contributed by atoms with Crippen molar-refractivity contribution in [2.45, 2.75) is 31.9 Å². The molecule has 2 atom stereocenters. The van der Waals surface area contributed by atoms with Gasteiger partial charge in [0.05, 0.1) is 19.3 Å². The zero-order valence-electron chi connectivity index (χ0n) is 8.37. The molecule has 0 spiro atoms. The third-order valence-electron chi connectivity index (χ3n) is 2.97. The Kier molecular flexibility index (Phi) is 3.19. The largest absolute Gasteiger partial charge is 0.379 e. The van der Waals surface area contributed by atoms with Crippen LogP contribution in [0, 0.1) is 0 Å². The van der Waals surface area contributed by atoms with Crippen molar-refractivity contribution in [2.24, 2.45) is 0 Å². The normalized spacial score (nSPS) is 36.7. The van der Waals surface area contributed by atoms with Crippen LogP contribution >= 0.6 is 0 Å². The number of hydrogen-bond donors (Lipinski definition) is 0. The standard InChI is InChI=1S/C10H19NO2/c1-9-8-12-6-4-11(9)7-10-3-2-5-13-10/h9-10H,2-8H2,1H3/t9-,10-/m1/s1. The van der Waals surface area contributed by atoms with Gasteiger partial charge in [-0.25, -0.2) is 0 Å². The number of ether oxygens (including phenoxy) is 2. The molecule has 3 nitrogen and oxygen atoms in total. The molecule has 13 heavy (non-hydrogen) atoms. The smallest absolute Gasteiger partial charge is 0.0702 e. The van der Waals surface area contributed by atoms with E-state index in [1.807, 2.05) is 0 Å². The van der Waals surface area contributed by atoms with Crippen molar-refractivity contribution in [2.75, 3.05) is 32.9 Å². The highest BCUT2D eigenvalue weighted by Crippen LogP contribution is 2.15. The first kappa shape index (κ1) is 9.44. The van der Waals surface area contributed by atoms with Crippen LogP contribution in [0.25, 0.3) is 0 Å². The summed E-state index contributed by atoms with van der Waals surface area (Å²) in [5.74, 6) is 0. The van der Waals surface area contributed by atoms with E-state index in [-0.39, 0.29) is 0 Å². The summed E-state index contributed by atoms with van der Waals surface area (Å²) in [6.45, 7) is 7.13. The Hall–Kier alpha value is -0.120. The maximum Gasteiger partial charge on any atom is 0.0702 e. The molecule has 0 aromatic rings. The van der Waals surface area contributed by atoms with E-state index in [4.69, 9.17) is 9.47 Å². The minimum absolute atomic E-state index is 0.487. The van der Waals surface area contributed by atoms with Crippen LogP contribution in [0.2, 0.25) is 0 Å². The van der Waals surface area contributed by atoms with E-state index in [0.717, 1.165) is 32.9 Å². The number of morpholine rings is 1. The van der Waals surface area contributed by atoms with E-state index >= 15 is 0 Å². The Labute approximate surface area is 80.0 Å². The molecule has 0 unspecified atom stereocenters. The van der Waals surface area contributed by atoms with Crippen LogP contribution < -0.4 is 0 Å². The molecule has 76 valence electrons. The van der Waals surface area contributed by atoms with E-state index in [9.17, 15) is 0 Å². The predicted molar refractivity (Wildman–Crippen MR) is 50.8 cm³/mol. The maximum atomic E-state index is 5.62. The van der Waals surface area contributed by atoms with Crippen LogP contribution in [-0.4, -0.2) is 50.0 Å². The van der Waals surface area contributed by atoms with Crippen LogP contribution in [0.5, 0.6) is 0 Å². The number of hydrogen-bond acceptors (Lipinski definition) is 3. The highest BCUT2D eigenvalue weighted by Gasteiger charge is 2.24. The molecule has 0 amide bonds. The molecule has 0 radical (unpaired) electrons. The molecule has 2 aliphatic rings. The van der Waals surface area contributed by atoms with Crippen molar-refractivity contribution in [1.82, 2.24) is 4.90 Å². The fourth-order valence-corrected chi connectivity index (χ4v) is 2.08. The van der Waals surface area contributed by atoms with Gasteiger partial charge in [0.15, 0.2) is 0 Å². The van der Waals surface area contributed by atoms with Crippen molar-refractivity contribution in [3.63, 3.8) is 0 Å². The summed E-state index contributed by atoms with van der Waals surface area (Å²) in [5.41, 5.74) is 0. The van der Waals surface area contributed by atoms with Gasteiger partial charge in [-0.05, 0) is 19.8 Å². The van der Waals surface area contributed by atoms with E-state index < -0.39 is 0 Å². The molecule has 0 aromatic carbocycles. The second kappa shape index (κ2) is 4.40. The van der Waals surface area contributed by atoms with Crippen molar-refractivity contribution in [3.8, 4) is 0 Å². The Morgan fingerprint density at radius 2 is 2.31 bits per heavy atom. The van der Waals surface area contributed by atoms with E-state index in [1.54, 1.807) is 0 Å². The first-order valence-corrected chi connectivity index (χ1v) is 5.29. The van der Waals surface area contributed by atoms with Gasteiger partial charge in [-0.15, -0.1) is 0 Å².